The minimum absolute atomic E-state index is 0.122. The van der Waals surface area contributed by atoms with Crippen LogP contribution in [0.3, 0.4) is 0 Å². The summed E-state index contributed by atoms with van der Waals surface area (Å²) in [6.45, 7) is 5.76. The summed E-state index contributed by atoms with van der Waals surface area (Å²) in [6.07, 6.45) is -0.768. The van der Waals surface area contributed by atoms with Crippen LogP contribution in [0.15, 0.2) is 42.5 Å². The predicted molar refractivity (Wildman–Crippen MR) is 93.4 cm³/mol. The normalized spacial score (nSPS) is 11.7. The molecule has 1 atom stereocenters. The highest BCUT2D eigenvalue weighted by atomic mass is 19.1. The van der Waals surface area contributed by atoms with Crippen LogP contribution in [0.5, 0.6) is 0 Å². The van der Waals surface area contributed by atoms with Crippen LogP contribution in [-0.4, -0.2) is 18.0 Å². The molecule has 0 aliphatic heterocycles. The van der Waals surface area contributed by atoms with Crippen molar-refractivity contribution in [1.29, 1.82) is 0 Å². The van der Waals surface area contributed by atoms with Gasteiger partial charge in [0.25, 0.3) is 5.91 Å². The summed E-state index contributed by atoms with van der Waals surface area (Å²) >= 11 is 0. The van der Waals surface area contributed by atoms with Gasteiger partial charge in [0.05, 0.1) is 6.42 Å². The molecule has 0 aliphatic rings. The second-order valence-electron chi connectivity index (χ2n) is 6.07. The molecule has 0 bridgehead atoms. The summed E-state index contributed by atoms with van der Waals surface area (Å²) in [5, 5.41) is 2.67. The van der Waals surface area contributed by atoms with Crippen molar-refractivity contribution in [2.24, 2.45) is 0 Å². The van der Waals surface area contributed by atoms with Crippen LogP contribution in [0.25, 0.3) is 0 Å². The van der Waals surface area contributed by atoms with Gasteiger partial charge in [0.2, 0.25) is 0 Å². The molecule has 0 aliphatic carbocycles. The first-order valence-electron chi connectivity index (χ1n) is 8.13. The quantitative estimate of drug-likeness (QED) is 0.819. The summed E-state index contributed by atoms with van der Waals surface area (Å²) in [6, 6.07) is 11.6. The molecule has 2 aromatic carbocycles. The Hall–Kier alpha value is -2.69. The van der Waals surface area contributed by atoms with Crippen LogP contribution in [0, 0.1) is 19.7 Å². The number of esters is 1. The number of carbonyl (C=O) groups excluding carboxylic acids is 2. The van der Waals surface area contributed by atoms with E-state index in [1.807, 2.05) is 32.0 Å². The number of hydrogen-bond donors (Lipinski definition) is 1. The zero-order chi connectivity index (χ0) is 18.4. The van der Waals surface area contributed by atoms with E-state index in [1.165, 1.54) is 19.1 Å². The second-order valence-corrected chi connectivity index (χ2v) is 6.07. The molecule has 0 radical (unpaired) electrons. The molecular weight excluding hydrogens is 321 g/mol. The smallest absolute Gasteiger partial charge is 0.311 e. The number of aryl methyl sites for hydroxylation is 2. The molecule has 2 rings (SSSR count). The first-order valence-corrected chi connectivity index (χ1v) is 8.13. The van der Waals surface area contributed by atoms with Crippen LogP contribution in [0.2, 0.25) is 0 Å². The lowest BCUT2D eigenvalue weighted by Crippen LogP contribution is -2.35. The molecule has 2 aromatic rings. The lowest BCUT2D eigenvalue weighted by atomic mass is 10.0. The van der Waals surface area contributed by atoms with Crippen molar-refractivity contribution in [3.63, 3.8) is 0 Å². The van der Waals surface area contributed by atoms with Gasteiger partial charge in [-0.1, -0.05) is 30.3 Å². The number of rotatable bonds is 6. The van der Waals surface area contributed by atoms with E-state index in [0.717, 1.165) is 22.3 Å². The van der Waals surface area contributed by atoms with Gasteiger partial charge in [-0.2, -0.15) is 0 Å². The molecule has 0 aromatic heterocycles. The SMILES string of the molecule is Cc1ccc(CC(=O)O[C@@H](C)C(=O)NCc2ccc(F)cc2)cc1C. The molecule has 132 valence electrons. The van der Waals surface area contributed by atoms with Crippen LogP contribution in [-0.2, 0) is 27.3 Å². The highest BCUT2D eigenvalue weighted by Gasteiger charge is 2.17. The molecule has 0 spiro atoms. The van der Waals surface area contributed by atoms with Crippen molar-refractivity contribution >= 4 is 11.9 Å². The van der Waals surface area contributed by atoms with Crippen LogP contribution < -0.4 is 5.32 Å². The second kappa shape index (κ2) is 8.42. The standard InChI is InChI=1S/C20H22FNO3/c1-13-4-5-17(10-14(13)2)11-19(23)25-15(3)20(24)22-12-16-6-8-18(21)9-7-16/h4-10,15H,11-12H2,1-3H3,(H,22,24)/t15-/m0/s1. The van der Waals surface area contributed by atoms with Crippen molar-refractivity contribution in [2.45, 2.75) is 39.8 Å². The molecule has 1 N–H and O–H groups in total. The summed E-state index contributed by atoms with van der Waals surface area (Å²) in [7, 11) is 0. The Labute approximate surface area is 147 Å². The lowest BCUT2D eigenvalue weighted by molar-refractivity contribution is -0.154. The number of ether oxygens (including phenoxy) is 1. The number of amides is 1. The third-order valence-corrected chi connectivity index (χ3v) is 3.98. The Kier molecular flexibility index (Phi) is 6.28. The van der Waals surface area contributed by atoms with Crippen molar-refractivity contribution in [1.82, 2.24) is 5.32 Å². The van der Waals surface area contributed by atoms with E-state index in [9.17, 15) is 14.0 Å². The molecule has 0 unspecified atom stereocenters. The van der Waals surface area contributed by atoms with Gasteiger partial charge in [-0.15, -0.1) is 0 Å². The maximum Gasteiger partial charge on any atom is 0.311 e. The lowest BCUT2D eigenvalue weighted by Gasteiger charge is -2.14. The van der Waals surface area contributed by atoms with Gasteiger partial charge < -0.3 is 10.1 Å². The topological polar surface area (TPSA) is 55.4 Å². The van der Waals surface area contributed by atoms with Crippen LogP contribution in [0.1, 0.15) is 29.2 Å². The van der Waals surface area contributed by atoms with Crippen molar-refractivity contribution in [3.05, 3.63) is 70.5 Å². The fourth-order valence-electron chi connectivity index (χ4n) is 2.31. The molecule has 0 fully saturated rings. The van der Waals surface area contributed by atoms with Crippen LogP contribution in [0.4, 0.5) is 4.39 Å². The molecule has 0 saturated carbocycles. The number of hydrogen-bond acceptors (Lipinski definition) is 3. The van der Waals surface area contributed by atoms with Gasteiger partial charge in [0.1, 0.15) is 5.82 Å². The minimum Gasteiger partial charge on any atom is -0.452 e. The third kappa shape index (κ3) is 5.71. The predicted octanol–water partition coefficient (Wildman–Crippen LogP) is 3.23. The number of benzene rings is 2. The van der Waals surface area contributed by atoms with Gasteiger partial charge in [-0.3, -0.25) is 9.59 Å². The van der Waals surface area contributed by atoms with Gasteiger partial charge >= 0.3 is 5.97 Å². The minimum atomic E-state index is -0.889. The van der Waals surface area contributed by atoms with Crippen LogP contribution >= 0.6 is 0 Å². The molecule has 0 saturated heterocycles. The summed E-state index contributed by atoms with van der Waals surface area (Å²) in [5.41, 5.74) is 3.89. The summed E-state index contributed by atoms with van der Waals surface area (Å²) < 4.78 is 18.0. The van der Waals surface area contributed by atoms with Gasteiger partial charge in [-0.05, 0) is 55.2 Å². The van der Waals surface area contributed by atoms with Gasteiger partial charge in [-0.25, -0.2) is 4.39 Å². The van der Waals surface area contributed by atoms with Crippen molar-refractivity contribution < 1.29 is 18.7 Å². The van der Waals surface area contributed by atoms with E-state index in [2.05, 4.69) is 5.32 Å². The Morgan fingerprint density at radius 2 is 1.68 bits per heavy atom. The first-order chi connectivity index (χ1) is 11.8. The Morgan fingerprint density at radius 1 is 1.04 bits per heavy atom. The molecule has 4 nitrogen and oxygen atoms in total. The third-order valence-electron chi connectivity index (χ3n) is 3.98. The van der Waals surface area contributed by atoms with E-state index in [1.54, 1.807) is 12.1 Å². The summed E-state index contributed by atoms with van der Waals surface area (Å²) in [5.74, 6) is -1.17. The average Bonchev–Trinajstić information content (AvgIpc) is 2.57. The van der Waals surface area contributed by atoms with Crippen molar-refractivity contribution in [2.75, 3.05) is 0 Å². The fourth-order valence-corrected chi connectivity index (χ4v) is 2.31. The van der Waals surface area contributed by atoms with E-state index in [0.29, 0.717) is 0 Å². The van der Waals surface area contributed by atoms with Gasteiger partial charge in [0.15, 0.2) is 6.10 Å². The largest absolute Gasteiger partial charge is 0.452 e. The molecular formula is C20H22FNO3. The molecule has 5 heteroatoms. The fraction of sp³-hybridized carbons (Fsp3) is 0.300. The number of carbonyl (C=O) groups is 2. The summed E-state index contributed by atoms with van der Waals surface area (Å²) in [4.78, 5) is 24.0. The Morgan fingerprint density at radius 3 is 2.32 bits per heavy atom. The Bertz CT molecular complexity index is 756. The highest BCUT2D eigenvalue weighted by Crippen LogP contribution is 2.11. The highest BCUT2D eigenvalue weighted by molar-refractivity contribution is 5.83. The molecule has 25 heavy (non-hydrogen) atoms. The molecule has 0 heterocycles. The Balaban J connectivity index is 1.82. The van der Waals surface area contributed by atoms with E-state index in [-0.39, 0.29) is 18.8 Å². The zero-order valence-corrected chi connectivity index (χ0v) is 14.6. The first kappa shape index (κ1) is 18.6. The van der Waals surface area contributed by atoms with E-state index in [4.69, 9.17) is 4.74 Å². The monoisotopic (exact) mass is 343 g/mol. The van der Waals surface area contributed by atoms with E-state index < -0.39 is 18.0 Å². The average molecular weight is 343 g/mol. The number of halogens is 1. The maximum atomic E-state index is 12.8. The maximum absolute atomic E-state index is 12.8. The number of nitrogens with one attached hydrogen (secondary N) is 1. The zero-order valence-electron chi connectivity index (χ0n) is 14.6. The van der Waals surface area contributed by atoms with E-state index >= 15 is 0 Å². The van der Waals surface area contributed by atoms with Gasteiger partial charge in [0, 0.05) is 6.54 Å². The molecule has 1 amide bonds. The van der Waals surface area contributed by atoms with Crippen molar-refractivity contribution in [3.8, 4) is 0 Å².